The molecule has 0 aliphatic carbocycles. The number of esters is 1. The van der Waals surface area contributed by atoms with E-state index in [0.29, 0.717) is 31.9 Å². The van der Waals surface area contributed by atoms with Gasteiger partial charge in [-0.25, -0.2) is 4.79 Å². The Hall–Kier alpha value is -1.88. The monoisotopic (exact) mass is 401 g/mol. The molecule has 0 unspecified atom stereocenters. The molecule has 11 heteroatoms. The fourth-order valence-corrected chi connectivity index (χ4v) is 4.01. The average molecular weight is 402 g/mol. The number of nitrogens with one attached hydrogen (secondary N) is 1. The number of hydrogen-bond donors (Lipinski definition) is 1. The largest absolute Gasteiger partial charge is 0.459 e. The van der Waals surface area contributed by atoms with Crippen molar-refractivity contribution in [1.29, 1.82) is 0 Å². The van der Waals surface area contributed by atoms with Gasteiger partial charge >= 0.3 is 11.9 Å². The summed E-state index contributed by atoms with van der Waals surface area (Å²) in [5.74, 6) is -1.14. The minimum absolute atomic E-state index is 0.0344. The zero-order valence-corrected chi connectivity index (χ0v) is 16.7. The summed E-state index contributed by atoms with van der Waals surface area (Å²) in [6, 6.07) is 0.113. The minimum atomic E-state index is -0.810. The molecule has 1 saturated heterocycles. The van der Waals surface area contributed by atoms with E-state index in [9.17, 15) is 14.4 Å². The first-order chi connectivity index (χ1) is 12.4. The van der Waals surface area contributed by atoms with Crippen LogP contribution in [0.4, 0.5) is 5.13 Å². The highest BCUT2D eigenvalue weighted by molar-refractivity contribution is 8.01. The summed E-state index contributed by atoms with van der Waals surface area (Å²) >= 11 is 2.77. The van der Waals surface area contributed by atoms with Gasteiger partial charge in [-0.05, 0) is 20.8 Å². The van der Waals surface area contributed by atoms with Crippen molar-refractivity contribution in [3.8, 4) is 0 Å². The minimum Gasteiger partial charge on any atom is -0.459 e. The molecule has 0 atom stereocenters. The van der Waals surface area contributed by atoms with E-state index >= 15 is 0 Å². The van der Waals surface area contributed by atoms with E-state index in [1.54, 1.807) is 6.92 Å². The quantitative estimate of drug-likeness (QED) is 0.414. The van der Waals surface area contributed by atoms with Gasteiger partial charge in [0.15, 0.2) is 4.34 Å². The van der Waals surface area contributed by atoms with Gasteiger partial charge in [0.05, 0.1) is 12.4 Å². The predicted molar refractivity (Wildman–Crippen MR) is 99.3 cm³/mol. The molecule has 1 N–H and O–H groups in total. The van der Waals surface area contributed by atoms with Crippen molar-refractivity contribution in [2.45, 2.75) is 31.2 Å². The molecule has 1 aromatic rings. The Bertz CT molecular complexity index is 644. The fourth-order valence-electron chi connectivity index (χ4n) is 2.30. The number of aromatic nitrogens is 2. The van der Waals surface area contributed by atoms with E-state index in [4.69, 9.17) is 4.74 Å². The Labute approximate surface area is 160 Å². The Morgan fingerprint density at radius 2 is 1.92 bits per heavy atom. The molecule has 26 heavy (non-hydrogen) atoms. The molecule has 1 aliphatic heterocycles. The number of nitrogens with zero attached hydrogens (tertiary/aromatic N) is 4. The molecular formula is C15H23N5O4S2. The highest BCUT2D eigenvalue weighted by Crippen LogP contribution is 2.28. The lowest BCUT2D eigenvalue weighted by molar-refractivity contribution is -0.160. The molecular weight excluding hydrogens is 378 g/mol. The standard InChI is InChI=1S/C15H23N5O4S2/c1-4-24-13(23)12(22)19-5-7-20(8-6-19)14-17-18-15(26-14)25-9-11(21)16-10(2)3/h10H,4-9H2,1-3H3,(H,16,21). The average Bonchev–Trinajstić information content (AvgIpc) is 3.08. The molecule has 2 amide bonds. The number of thioether (sulfide) groups is 1. The summed E-state index contributed by atoms with van der Waals surface area (Å²) in [6.07, 6.45) is 0. The van der Waals surface area contributed by atoms with Crippen LogP contribution in [0.3, 0.4) is 0 Å². The fraction of sp³-hybridized carbons (Fsp3) is 0.667. The Kier molecular flexibility index (Phi) is 7.64. The summed E-state index contributed by atoms with van der Waals surface area (Å²) < 4.78 is 5.47. The molecule has 0 aromatic carbocycles. The molecule has 0 spiro atoms. The van der Waals surface area contributed by atoms with Crippen molar-refractivity contribution in [1.82, 2.24) is 20.4 Å². The van der Waals surface area contributed by atoms with Gasteiger partial charge in [-0.1, -0.05) is 23.1 Å². The van der Waals surface area contributed by atoms with Crippen LogP contribution in [0.5, 0.6) is 0 Å². The highest BCUT2D eigenvalue weighted by atomic mass is 32.2. The van der Waals surface area contributed by atoms with E-state index in [1.807, 2.05) is 18.7 Å². The Morgan fingerprint density at radius 3 is 2.54 bits per heavy atom. The van der Waals surface area contributed by atoms with Crippen LogP contribution >= 0.6 is 23.1 Å². The lowest BCUT2D eigenvalue weighted by Gasteiger charge is -2.33. The maximum atomic E-state index is 11.9. The molecule has 1 fully saturated rings. The van der Waals surface area contributed by atoms with Crippen molar-refractivity contribution >= 4 is 46.0 Å². The molecule has 1 aliphatic rings. The van der Waals surface area contributed by atoms with E-state index in [-0.39, 0.29) is 18.6 Å². The molecule has 0 bridgehead atoms. The molecule has 0 saturated carbocycles. The van der Waals surface area contributed by atoms with E-state index in [0.717, 1.165) is 9.47 Å². The van der Waals surface area contributed by atoms with Gasteiger partial charge in [-0.2, -0.15) is 0 Å². The third-order valence-corrected chi connectivity index (χ3v) is 5.58. The zero-order chi connectivity index (χ0) is 19.1. The molecule has 0 radical (unpaired) electrons. The zero-order valence-electron chi connectivity index (χ0n) is 15.1. The van der Waals surface area contributed by atoms with Crippen LogP contribution in [-0.2, 0) is 19.1 Å². The maximum Gasteiger partial charge on any atom is 0.397 e. The lowest BCUT2D eigenvalue weighted by Crippen LogP contribution is -2.51. The Balaban J connectivity index is 1.81. The first-order valence-electron chi connectivity index (χ1n) is 8.37. The molecule has 2 rings (SSSR count). The number of anilines is 1. The number of rotatable bonds is 6. The first-order valence-corrected chi connectivity index (χ1v) is 10.2. The van der Waals surface area contributed by atoms with Gasteiger partial charge in [-0.3, -0.25) is 9.59 Å². The van der Waals surface area contributed by atoms with Crippen LogP contribution in [0, 0.1) is 0 Å². The summed E-state index contributed by atoms with van der Waals surface area (Å²) in [5.41, 5.74) is 0. The van der Waals surface area contributed by atoms with E-state index in [2.05, 4.69) is 15.5 Å². The first kappa shape index (κ1) is 20.4. The SMILES string of the molecule is CCOC(=O)C(=O)N1CCN(c2nnc(SCC(=O)NC(C)C)s2)CC1. The van der Waals surface area contributed by atoms with Gasteiger partial charge in [0.25, 0.3) is 0 Å². The lowest BCUT2D eigenvalue weighted by atomic mass is 10.3. The van der Waals surface area contributed by atoms with Crippen molar-refractivity contribution in [3.63, 3.8) is 0 Å². The summed E-state index contributed by atoms with van der Waals surface area (Å²) in [6.45, 7) is 7.67. The number of carbonyl (C=O) groups is 3. The predicted octanol–water partition coefficient (Wildman–Crippen LogP) is 0.366. The highest BCUT2D eigenvalue weighted by Gasteiger charge is 2.28. The van der Waals surface area contributed by atoms with E-state index in [1.165, 1.54) is 28.0 Å². The van der Waals surface area contributed by atoms with Crippen molar-refractivity contribution < 1.29 is 19.1 Å². The van der Waals surface area contributed by atoms with Crippen molar-refractivity contribution in [2.75, 3.05) is 43.4 Å². The maximum absolute atomic E-state index is 11.9. The second kappa shape index (κ2) is 9.72. The number of piperazine rings is 1. The molecule has 144 valence electrons. The second-order valence-corrected chi connectivity index (χ2v) is 8.04. The van der Waals surface area contributed by atoms with Gasteiger partial charge in [0.2, 0.25) is 11.0 Å². The second-order valence-electron chi connectivity index (χ2n) is 5.86. The third-order valence-electron chi connectivity index (χ3n) is 3.46. The molecule has 9 nitrogen and oxygen atoms in total. The van der Waals surface area contributed by atoms with Gasteiger partial charge in [0.1, 0.15) is 0 Å². The molecule has 1 aromatic heterocycles. The van der Waals surface area contributed by atoms with Crippen LogP contribution in [0.25, 0.3) is 0 Å². The normalized spacial score (nSPS) is 14.5. The van der Waals surface area contributed by atoms with Crippen molar-refractivity contribution in [2.24, 2.45) is 0 Å². The third kappa shape index (κ3) is 5.84. The van der Waals surface area contributed by atoms with Gasteiger partial charge < -0.3 is 19.9 Å². The smallest absolute Gasteiger partial charge is 0.397 e. The van der Waals surface area contributed by atoms with E-state index < -0.39 is 11.9 Å². The van der Waals surface area contributed by atoms with Crippen LogP contribution < -0.4 is 10.2 Å². The number of ether oxygens (including phenoxy) is 1. The van der Waals surface area contributed by atoms with Crippen LogP contribution in [0.2, 0.25) is 0 Å². The number of amides is 2. The number of hydrogen-bond acceptors (Lipinski definition) is 9. The van der Waals surface area contributed by atoms with Crippen LogP contribution in [-0.4, -0.2) is 77.5 Å². The van der Waals surface area contributed by atoms with Crippen molar-refractivity contribution in [3.05, 3.63) is 0 Å². The van der Waals surface area contributed by atoms with Gasteiger partial charge in [-0.15, -0.1) is 10.2 Å². The topological polar surface area (TPSA) is 105 Å². The van der Waals surface area contributed by atoms with Gasteiger partial charge in [0, 0.05) is 32.2 Å². The summed E-state index contributed by atoms with van der Waals surface area (Å²) in [4.78, 5) is 38.6. The molecule has 2 heterocycles. The summed E-state index contributed by atoms with van der Waals surface area (Å²) in [5, 5.41) is 11.8. The van der Waals surface area contributed by atoms with Crippen LogP contribution in [0.15, 0.2) is 4.34 Å². The number of carbonyl (C=O) groups excluding carboxylic acids is 3. The van der Waals surface area contributed by atoms with Crippen LogP contribution in [0.1, 0.15) is 20.8 Å². The Morgan fingerprint density at radius 1 is 1.23 bits per heavy atom. The summed E-state index contributed by atoms with van der Waals surface area (Å²) in [7, 11) is 0.